The number of primary amides is 1. The number of nitrogens with two attached hydrogens (primary N) is 1. The van der Waals surface area contributed by atoms with Gasteiger partial charge >= 0.3 is 0 Å². The number of fused-ring (bicyclic) bond motifs is 3. The lowest BCUT2D eigenvalue weighted by Crippen LogP contribution is -2.43. The maximum Gasteiger partial charge on any atom is 0.255 e. The van der Waals surface area contributed by atoms with E-state index in [2.05, 4.69) is 5.32 Å². The number of phenols is 1. The largest absolute Gasteiger partial charge is 0.511 e. The lowest BCUT2D eigenvalue weighted by molar-refractivity contribution is -0.126. The van der Waals surface area contributed by atoms with Gasteiger partial charge in [-0.25, -0.2) is 13.2 Å². The topological polar surface area (TPSA) is 153 Å². The summed E-state index contributed by atoms with van der Waals surface area (Å²) in [6.45, 7) is -0.102. The Balaban J connectivity index is 1.51. The number of carbonyl (C=O) groups excluding carboxylic acids is 3. The molecule has 1 unspecified atom stereocenters. The van der Waals surface area contributed by atoms with Crippen molar-refractivity contribution in [1.82, 2.24) is 5.32 Å². The second kappa shape index (κ2) is 10.3. The average molecular weight is 572 g/mol. The molecule has 41 heavy (non-hydrogen) atoms. The highest BCUT2D eigenvalue weighted by Crippen LogP contribution is 2.51. The number of hydrogen-bond donors (Lipinski definition) is 5. The van der Waals surface area contributed by atoms with Crippen LogP contribution in [0.2, 0.25) is 0 Å². The SMILES string of the molecule is CN(C)c1cc(CNCc2cc(F)c(F)c(F)c2)c(O)c2c1C[C@H]1C[C@H]3CC(O)=C(C(N)=O)C(=O)C3C(O)=C1C2=O. The van der Waals surface area contributed by atoms with Gasteiger partial charge in [0.1, 0.15) is 22.8 Å². The summed E-state index contributed by atoms with van der Waals surface area (Å²) in [4.78, 5) is 40.5. The molecule has 2 aromatic carbocycles. The van der Waals surface area contributed by atoms with Gasteiger partial charge in [-0.3, -0.25) is 14.4 Å². The minimum absolute atomic E-state index is 0.0281. The Labute approximate surface area is 232 Å². The summed E-state index contributed by atoms with van der Waals surface area (Å²) in [5.74, 6) is -10.4. The van der Waals surface area contributed by atoms with Crippen molar-refractivity contribution < 1.29 is 42.9 Å². The van der Waals surface area contributed by atoms with Gasteiger partial charge in [0.25, 0.3) is 5.91 Å². The van der Waals surface area contributed by atoms with E-state index in [0.29, 0.717) is 11.3 Å². The molecular weight excluding hydrogens is 543 g/mol. The number of phenolic OH excluding ortho intramolecular Hbond substituents is 1. The summed E-state index contributed by atoms with van der Waals surface area (Å²) >= 11 is 0. The molecule has 0 aliphatic heterocycles. The Hall–Kier alpha value is -4.32. The predicted molar refractivity (Wildman–Crippen MR) is 141 cm³/mol. The van der Waals surface area contributed by atoms with Gasteiger partial charge in [0, 0.05) is 50.4 Å². The van der Waals surface area contributed by atoms with Crippen molar-refractivity contribution in [2.45, 2.75) is 32.4 Å². The van der Waals surface area contributed by atoms with E-state index >= 15 is 0 Å². The number of hydrogen-bond acceptors (Lipinski definition) is 8. The van der Waals surface area contributed by atoms with Gasteiger partial charge in [-0.15, -0.1) is 0 Å². The van der Waals surface area contributed by atoms with Crippen LogP contribution in [0.25, 0.3) is 0 Å². The number of anilines is 1. The fourth-order valence-electron chi connectivity index (χ4n) is 6.33. The number of Topliss-reactive ketones (excluding diaryl/α,β-unsaturated/α-hetero) is 2. The fourth-order valence-corrected chi connectivity index (χ4v) is 6.33. The van der Waals surface area contributed by atoms with Crippen LogP contribution in [-0.2, 0) is 29.1 Å². The van der Waals surface area contributed by atoms with Crippen LogP contribution in [0.5, 0.6) is 5.75 Å². The minimum Gasteiger partial charge on any atom is -0.511 e. The Morgan fingerprint density at radius 2 is 1.71 bits per heavy atom. The van der Waals surface area contributed by atoms with Crippen molar-refractivity contribution in [3.63, 3.8) is 0 Å². The van der Waals surface area contributed by atoms with Crippen molar-refractivity contribution in [2.75, 3.05) is 19.0 Å². The number of aromatic hydroxyl groups is 1. The van der Waals surface area contributed by atoms with E-state index in [1.807, 2.05) is 0 Å². The molecule has 0 spiro atoms. The first-order chi connectivity index (χ1) is 19.3. The molecule has 0 aromatic heterocycles. The van der Waals surface area contributed by atoms with E-state index in [-0.39, 0.29) is 60.4 Å². The molecule has 0 heterocycles. The van der Waals surface area contributed by atoms with Crippen LogP contribution in [0.3, 0.4) is 0 Å². The third kappa shape index (κ3) is 4.61. The van der Waals surface area contributed by atoms with Crippen molar-refractivity contribution in [3.8, 4) is 5.75 Å². The number of carbonyl (C=O) groups is 3. The van der Waals surface area contributed by atoms with Crippen LogP contribution >= 0.6 is 0 Å². The maximum atomic E-state index is 13.9. The third-order valence-corrected chi connectivity index (χ3v) is 8.11. The van der Waals surface area contributed by atoms with E-state index in [1.54, 1.807) is 25.1 Å². The minimum atomic E-state index is -1.58. The maximum absolute atomic E-state index is 13.9. The molecule has 3 aliphatic carbocycles. The van der Waals surface area contributed by atoms with Gasteiger partial charge in [-0.1, -0.05) is 0 Å². The normalized spacial score (nSPS) is 21.9. The zero-order valence-electron chi connectivity index (χ0n) is 22.2. The standard InChI is InChI=1S/C29H28F3N3O6/c1-35(2)18-7-14(10-34-9-11-3-16(30)24(32)17(31)4-11)25(37)22-15(18)6-12-5-13-8-19(36)23(29(33)41)28(40)21(13)26(38)20(12)27(22)39/h3-4,7,12-13,21,34,36-38H,5-6,8-10H2,1-2H3,(H2,33,41)/t12-,13+,21?/m1/s1. The summed E-state index contributed by atoms with van der Waals surface area (Å²) in [7, 11) is 3.51. The van der Waals surface area contributed by atoms with Crippen LogP contribution in [-0.4, -0.2) is 46.9 Å². The highest BCUT2D eigenvalue weighted by atomic mass is 19.2. The van der Waals surface area contributed by atoms with E-state index < -0.39 is 69.8 Å². The molecule has 0 bridgehead atoms. The monoisotopic (exact) mass is 571 g/mol. The zero-order chi connectivity index (χ0) is 29.9. The Morgan fingerprint density at radius 1 is 1.05 bits per heavy atom. The summed E-state index contributed by atoms with van der Waals surface area (Å²) < 4.78 is 40.5. The quantitative estimate of drug-likeness (QED) is 0.262. The number of aliphatic hydroxyl groups excluding tert-OH is 2. The fraction of sp³-hybridized carbons (Fsp3) is 0.345. The van der Waals surface area contributed by atoms with Crippen LogP contribution in [0.4, 0.5) is 18.9 Å². The zero-order valence-corrected chi connectivity index (χ0v) is 22.2. The van der Waals surface area contributed by atoms with E-state index in [4.69, 9.17) is 5.73 Å². The van der Waals surface area contributed by atoms with Crippen molar-refractivity contribution in [2.24, 2.45) is 23.5 Å². The van der Waals surface area contributed by atoms with Gasteiger partial charge in [0.2, 0.25) is 0 Å². The van der Waals surface area contributed by atoms with Gasteiger partial charge in [0.15, 0.2) is 29.0 Å². The van der Waals surface area contributed by atoms with Crippen LogP contribution in [0, 0.1) is 35.2 Å². The molecule has 5 rings (SSSR count). The highest BCUT2D eigenvalue weighted by Gasteiger charge is 2.50. The molecule has 9 nitrogen and oxygen atoms in total. The van der Waals surface area contributed by atoms with E-state index in [0.717, 1.165) is 12.1 Å². The molecule has 6 N–H and O–H groups in total. The summed E-state index contributed by atoms with van der Waals surface area (Å²) in [6.07, 6.45) is 0.481. The number of benzene rings is 2. The van der Waals surface area contributed by atoms with Crippen molar-refractivity contribution in [3.05, 3.63) is 80.6 Å². The Morgan fingerprint density at radius 3 is 2.32 bits per heavy atom. The van der Waals surface area contributed by atoms with Crippen LogP contribution in [0.1, 0.15) is 39.9 Å². The van der Waals surface area contributed by atoms with Gasteiger partial charge in [-0.2, -0.15) is 0 Å². The van der Waals surface area contributed by atoms with E-state index in [1.165, 1.54) is 0 Å². The lowest BCUT2D eigenvalue weighted by Gasteiger charge is -2.41. The molecule has 0 saturated heterocycles. The summed E-state index contributed by atoms with van der Waals surface area (Å²) in [6, 6.07) is 3.38. The molecule has 0 radical (unpaired) electrons. The molecule has 0 fully saturated rings. The average Bonchev–Trinajstić information content (AvgIpc) is 2.87. The second-order valence-electron chi connectivity index (χ2n) is 10.9. The first-order valence-corrected chi connectivity index (χ1v) is 12.9. The first kappa shape index (κ1) is 28.2. The number of aliphatic hydroxyl groups is 2. The molecule has 1 amide bonds. The van der Waals surface area contributed by atoms with Crippen LogP contribution in [0.15, 0.2) is 40.9 Å². The smallest absolute Gasteiger partial charge is 0.255 e. The second-order valence-corrected chi connectivity index (χ2v) is 10.9. The summed E-state index contributed by atoms with van der Waals surface area (Å²) in [5, 5.41) is 35.7. The molecule has 216 valence electrons. The molecular formula is C29H28F3N3O6. The molecule has 3 atom stereocenters. The number of rotatable bonds is 6. The lowest BCUT2D eigenvalue weighted by atomic mass is 9.62. The third-order valence-electron chi connectivity index (χ3n) is 8.11. The van der Waals surface area contributed by atoms with Crippen molar-refractivity contribution in [1.29, 1.82) is 0 Å². The number of allylic oxidation sites excluding steroid dienone is 3. The Kier molecular flexibility index (Phi) is 7.06. The van der Waals surface area contributed by atoms with Crippen LogP contribution < -0.4 is 16.0 Å². The predicted octanol–water partition coefficient (Wildman–Crippen LogP) is 3.24. The summed E-state index contributed by atoms with van der Waals surface area (Å²) in [5.41, 5.74) is 6.20. The molecule has 3 aliphatic rings. The van der Waals surface area contributed by atoms with Crippen molar-refractivity contribution >= 4 is 23.2 Å². The number of nitrogens with one attached hydrogen (secondary N) is 1. The van der Waals surface area contributed by atoms with Gasteiger partial charge in [0.05, 0.1) is 11.5 Å². The number of ketones is 2. The van der Waals surface area contributed by atoms with Gasteiger partial charge < -0.3 is 31.3 Å². The molecule has 2 aromatic rings. The van der Waals surface area contributed by atoms with E-state index in [9.17, 15) is 42.9 Å². The van der Waals surface area contributed by atoms with Gasteiger partial charge in [-0.05, 0) is 54.0 Å². The first-order valence-electron chi connectivity index (χ1n) is 12.9. The highest BCUT2D eigenvalue weighted by molar-refractivity contribution is 6.22. The number of nitrogens with zero attached hydrogens (tertiary/aromatic N) is 1. The number of amides is 1. The molecule has 12 heteroatoms. The molecule has 0 saturated carbocycles. The Bertz CT molecular complexity index is 1560. The number of halogens is 3.